The summed E-state index contributed by atoms with van der Waals surface area (Å²) in [6.07, 6.45) is 4.70. The minimum atomic E-state index is 1.15. The first-order chi connectivity index (χ1) is 5.24. The number of aryl methyl sites for hydroxylation is 3. The Hall–Kier alpha value is -0.790. The van der Waals surface area contributed by atoms with E-state index in [0.717, 1.165) is 6.54 Å². The second-order valence-corrected chi connectivity index (χ2v) is 3.07. The van der Waals surface area contributed by atoms with E-state index in [4.69, 9.17) is 0 Å². The first kappa shape index (κ1) is 8.31. The van der Waals surface area contributed by atoms with E-state index in [1.165, 1.54) is 24.4 Å². The number of rotatable bonds is 3. The van der Waals surface area contributed by atoms with Gasteiger partial charge in [0.25, 0.3) is 5.82 Å². The van der Waals surface area contributed by atoms with Crippen molar-refractivity contribution in [1.29, 1.82) is 0 Å². The van der Waals surface area contributed by atoms with Crippen LogP contribution in [-0.2, 0) is 6.54 Å². The van der Waals surface area contributed by atoms with Crippen LogP contribution in [0.5, 0.6) is 0 Å². The third-order valence-corrected chi connectivity index (χ3v) is 1.91. The van der Waals surface area contributed by atoms with Gasteiger partial charge in [-0.15, -0.1) is 0 Å². The molecule has 11 heavy (non-hydrogen) atoms. The largest absolute Gasteiger partial charge is 0.251 e. The topological polar surface area (TPSA) is 19.7 Å². The van der Waals surface area contributed by atoms with Crippen LogP contribution in [0.2, 0.25) is 0 Å². The highest BCUT2D eigenvalue weighted by atomic mass is 15.1. The van der Waals surface area contributed by atoms with E-state index in [2.05, 4.69) is 36.5 Å². The van der Waals surface area contributed by atoms with Crippen molar-refractivity contribution in [2.24, 2.45) is 0 Å². The smallest absolute Gasteiger partial charge is 0.245 e. The Bertz CT molecular complexity index is 225. The SMILES string of the molecule is CCCC[n+]1cc(C)[nH]c1C. The van der Waals surface area contributed by atoms with Crippen molar-refractivity contribution in [1.82, 2.24) is 4.98 Å². The summed E-state index contributed by atoms with van der Waals surface area (Å²) >= 11 is 0. The number of H-pyrrole nitrogens is 1. The van der Waals surface area contributed by atoms with Gasteiger partial charge in [-0.3, -0.25) is 0 Å². The molecule has 0 aromatic carbocycles. The minimum absolute atomic E-state index is 1.15. The maximum Gasteiger partial charge on any atom is 0.251 e. The van der Waals surface area contributed by atoms with Gasteiger partial charge in [-0.05, 0) is 6.42 Å². The van der Waals surface area contributed by atoms with Crippen LogP contribution in [0.15, 0.2) is 6.20 Å². The molecule has 1 aromatic rings. The molecule has 0 saturated carbocycles. The van der Waals surface area contributed by atoms with Gasteiger partial charge in [-0.2, -0.15) is 0 Å². The van der Waals surface area contributed by atoms with Crippen LogP contribution in [0.3, 0.4) is 0 Å². The van der Waals surface area contributed by atoms with Crippen LogP contribution in [-0.4, -0.2) is 4.98 Å². The molecule has 0 unspecified atom stereocenters. The lowest BCUT2D eigenvalue weighted by Gasteiger charge is -1.93. The highest BCUT2D eigenvalue weighted by Gasteiger charge is 2.05. The van der Waals surface area contributed by atoms with Crippen LogP contribution in [0, 0.1) is 13.8 Å². The summed E-state index contributed by atoms with van der Waals surface area (Å²) in [5.74, 6) is 1.26. The van der Waals surface area contributed by atoms with E-state index in [9.17, 15) is 0 Å². The molecule has 0 atom stereocenters. The zero-order chi connectivity index (χ0) is 8.27. The van der Waals surface area contributed by atoms with Crippen molar-refractivity contribution in [2.45, 2.75) is 40.2 Å². The summed E-state index contributed by atoms with van der Waals surface area (Å²) in [5.41, 5.74) is 1.25. The summed E-state index contributed by atoms with van der Waals surface area (Å²) in [6, 6.07) is 0. The van der Waals surface area contributed by atoms with Crippen molar-refractivity contribution in [3.05, 3.63) is 17.7 Å². The van der Waals surface area contributed by atoms with Crippen molar-refractivity contribution in [3.8, 4) is 0 Å². The molecule has 0 radical (unpaired) electrons. The van der Waals surface area contributed by atoms with Gasteiger partial charge in [0, 0.05) is 13.8 Å². The summed E-state index contributed by atoms with van der Waals surface area (Å²) < 4.78 is 2.28. The first-order valence-corrected chi connectivity index (χ1v) is 4.29. The van der Waals surface area contributed by atoms with Crippen molar-refractivity contribution in [3.63, 3.8) is 0 Å². The number of unbranched alkanes of at least 4 members (excludes halogenated alkanes) is 1. The Morgan fingerprint density at radius 1 is 1.45 bits per heavy atom. The molecule has 62 valence electrons. The van der Waals surface area contributed by atoms with Crippen LogP contribution < -0.4 is 4.57 Å². The summed E-state index contributed by atoms with van der Waals surface area (Å²) in [7, 11) is 0. The molecule has 1 rings (SSSR count). The fourth-order valence-corrected chi connectivity index (χ4v) is 1.28. The number of imidazole rings is 1. The molecular formula is C9H17N2+. The Balaban J connectivity index is 2.62. The molecule has 2 heteroatoms. The lowest BCUT2D eigenvalue weighted by atomic mass is 10.3. The second-order valence-electron chi connectivity index (χ2n) is 3.07. The van der Waals surface area contributed by atoms with Gasteiger partial charge in [0.05, 0.1) is 6.54 Å². The van der Waals surface area contributed by atoms with Crippen molar-refractivity contribution < 1.29 is 4.57 Å². The molecule has 0 aliphatic carbocycles. The minimum Gasteiger partial charge on any atom is -0.245 e. The molecule has 0 saturated heterocycles. The Kier molecular flexibility index (Phi) is 2.69. The Labute approximate surface area is 68.3 Å². The standard InChI is InChI=1S/C9H16N2/c1-4-5-6-11-7-8(2)10-9(11)3/h7H,4-6H2,1-3H3/p+1. The van der Waals surface area contributed by atoms with Crippen LogP contribution in [0.1, 0.15) is 31.3 Å². The number of hydrogen-bond donors (Lipinski definition) is 1. The lowest BCUT2D eigenvalue weighted by molar-refractivity contribution is -0.702. The average Bonchev–Trinajstić information content (AvgIpc) is 2.26. The molecule has 0 fully saturated rings. The lowest BCUT2D eigenvalue weighted by Crippen LogP contribution is -2.34. The highest BCUT2D eigenvalue weighted by molar-refractivity contribution is 4.88. The predicted molar refractivity (Wildman–Crippen MR) is 45.4 cm³/mol. The van der Waals surface area contributed by atoms with Gasteiger partial charge < -0.3 is 0 Å². The molecule has 0 amide bonds. The molecule has 0 aliphatic rings. The van der Waals surface area contributed by atoms with E-state index >= 15 is 0 Å². The second kappa shape index (κ2) is 3.56. The quantitative estimate of drug-likeness (QED) is 0.638. The number of nitrogens with one attached hydrogen (secondary N) is 1. The number of aromatic nitrogens is 2. The van der Waals surface area contributed by atoms with E-state index < -0.39 is 0 Å². The van der Waals surface area contributed by atoms with E-state index in [0.29, 0.717) is 0 Å². The van der Waals surface area contributed by atoms with E-state index in [-0.39, 0.29) is 0 Å². The van der Waals surface area contributed by atoms with Gasteiger partial charge in [0.15, 0.2) is 0 Å². The molecular weight excluding hydrogens is 136 g/mol. The molecule has 1 N–H and O–H groups in total. The number of hydrogen-bond acceptors (Lipinski definition) is 0. The summed E-state index contributed by atoms with van der Waals surface area (Å²) in [6.45, 7) is 7.57. The third-order valence-electron chi connectivity index (χ3n) is 1.91. The third kappa shape index (κ3) is 2.07. The highest BCUT2D eigenvalue weighted by Crippen LogP contribution is 1.93. The fourth-order valence-electron chi connectivity index (χ4n) is 1.28. The molecule has 2 nitrogen and oxygen atoms in total. The van der Waals surface area contributed by atoms with Gasteiger partial charge in [-0.25, -0.2) is 9.55 Å². The monoisotopic (exact) mass is 153 g/mol. The molecule has 1 aromatic heterocycles. The maximum atomic E-state index is 3.28. The van der Waals surface area contributed by atoms with Gasteiger partial charge in [0.1, 0.15) is 11.9 Å². The Morgan fingerprint density at radius 3 is 2.64 bits per heavy atom. The molecule has 0 spiro atoms. The van der Waals surface area contributed by atoms with Gasteiger partial charge in [0.2, 0.25) is 0 Å². The zero-order valence-electron chi connectivity index (χ0n) is 7.65. The van der Waals surface area contributed by atoms with Gasteiger partial charge in [-0.1, -0.05) is 13.3 Å². The van der Waals surface area contributed by atoms with Crippen LogP contribution in [0.4, 0.5) is 0 Å². The zero-order valence-corrected chi connectivity index (χ0v) is 7.65. The number of nitrogens with zero attached hydrogens (tertiary/aromatic N) is 1. The Morgan fingerprint density at radius 2 is 2.18 bits per heavy atom. The fraction of sp³-hybridized carbons (Fsp3) is 0.667. The van der Waals surface area contributed by atoms with E-state index in [1.807, 2.05) is 0 Å². The first-order valence-electron chi connectivity index (χ1n) is 4.29. The van der Waals surface area contributed by atoms with Crippen molar-refractivity contribution in [2.75, 3.05) is 0 Å². The molecule has 1 heterocycles. The van der Waals surface area contributed by atoms with Gasteiger partial charge >= 0.3 is 0 Å². The van der Waals surface area contributed by atoms with Crippen LogP contribution >= 0.6 is 0 Å². The summed E-state index contributed by atoms with van der Waals surface area (Å²) in [4.78, 5) is 3.28. The average molecular weight is 153 g/mol. The van der Waals surface area contributed by atoms with E-state index in [1.54, 1.807) is 0 Å². The normalized spacial score (nSPS) is 10.5. The van der Waals surface area contributed by atoms with Crippen LogP contribution in [0.25, 0.3) is 0 Å². The molecule has 0 aliphatic heterocycles. The molecule has 0 bridgehead atoms. The number of aromatic amines is 1. The van der Waals surface area contributed by atoms with Crippen molar-refractivity contribution >= 4 is 0 Å². The predicted octanol–water partition coefficient (Wildman–Crippen LogP) is 1.72. The summed E-state index contributed by atoms with van der Waals surface area (Å²) in [5, 5.41) is 0. The maximum absolute atomic E-state index is 3.28.